The van der Waals surface area contributed by atoms with E-state index in [1.807, 2.05) is 6.07 Å². The zero-order chi connectivity index (χ0) is 21.4. The normalized spacial score (nSPS) is 21.6. The number of rotatable bonds is 10. The maximum Gasteiger partial charge on any atom is 0.243 e. The number of morpholine rings is 2. The van der Waals surface area contributed by atoms with E-state index in [0.717, 1.165) is 65.7 Å². The van der Waals surface area contributed by atoms with E-state index in [1.54, 1.807) is 28.6 Å². The Morgan fingerprint density at radius 2 is 1.27 bits per heavy atom. The molecule has 2 unspecified atom stereocenters. The molecule has 7 nitrogen and oxygen atoms in total. The molecule has 170 valence electrons. The van der Waals surface area contributed by atoms with Gasteiger partial charge in [-0.25, -0.2) is 8.42 Å². The predicted molar refractivity (Wildman–Crippen MR) is 118 cm³/mol. The number of ether oxygens (including phenoxy) is 2. The Balaban J connectivity index is 1.67. The standard InChI is InChI=1S/C22H37N3O4S/c1-20(16-23-8-12-28-13-9-23)18-25(30(26,27)22-6-4-3-5-7-22)19-21(2)17-24-10-14-29-15-11-24/h3-7,20-21H,8-19H2,1-2H3. The molecular weight excluding hydrogens is 402 g/mol. The molecule has 2 aliphatic rings. The molecule has 0 radical (unpaired) electrons. The van der Waals surface area contributed by atoms with Crippen LogP contribution in [0.4, 0.5) is 0 Å². The summed E-state index contributed by atoms with van der Waals surface area (Å²) in [5.74, 6) is 0.495. The minimum atomic E-state index is -3.53. The van der Waals surface area contributed by atoms with Gasteiger partial charge in [-0.2, -0.15) is 4.31 Å². The minimum absolute atomic E-state index is 0.247. The topological polar surface area (TPSA) is 62.3 Å². The maximum atomic E-state index is 13.4. The lowest BCUT2D eigenvalue weighted by molar-refractivity contribution is 0.0278. The smallest absolute Gasteiger partial charge is 0.243 e. The number of sulfonamides is 1. The molecule has 0 saturated carbocycles. The second-order valence-corrected chi connectivity index (χ2v) is 10.6. The van der Waals surface area contributed by atoms with E-state index in [0.29, 0.717) is 18.0 Å². The van der Waals surface area contributed by atoms with Crippen LogP contribution in [0.5, 0.6) is 0 Å². The van der Waals surface area contributed by atoms with Crippen LogP contribution < -0.4 is 0 Å². The Labute approximate surface area is 182 Å². The van der Waals surface area contributed by atoms with Gasteiger partial charge in [0.15, 0.2) is 0 Å². The molecule has 1 aromatic rings. The average molecular weight is 440 g/mol. The van der Waals surface area contributed by atoms with Crippen LogP contribution in [0.2, 0.25) is 0 Å². The van der Waals surface area contributed by atoms with Crippen molar-refractivity contribution in [1.82, 2.24) is 14.1 Å². The number of hydrogen-bond donors (Lipinski definition) is 0. The van der Waals surface area contributed by atoms with Crippen molar-refractivity contribution >= 4 is 10.0 Å². The molecule has 2 fully saturated rings. The van der Waals surface area contributed by atoms with Gasteiger partial charge in [0.25, 0.3) is 0 Å². The summed E-state index contributed by atoms with van der Waals surface area (Å²) in [4.78, 5) is 5.12. The molecule has 30 heavy (non-hydrogen) atoms. The van der Waals surface area contributed by atoms with Gasteiger partial charge in [0, 0.05) is 52.4 Å². The molecular formula is C22H37N3O4S. The second-order valence-electron chi connectivity index (χ2n) is 8.67. The van der Waals surface area contributed by atoms with Gasteiger partial charge in [-0.1, -0.05) is 32.0 Å². The summed E-state index contributed by atoms with van der Waals surface area (Å²) >= 11 is 0. The van der Waals surface area contributed by atoms with Crippen LogP contribution >= 0.6 is 0 Å². The van der Waals surface area contributed by atoms with Gasteiger partial charge in [0.05, 0.1) is 31.3 Å². The Morgan fingerprint density at radius 1 is 0.833 bits per heavy atom. The fraction of sp³-hybridized carbons (Fsp3) is 0.727. The molecule has 1 aromatic carbocycles. The lowest BCUT2D eigenvalue weighted by Gasteiger charge is -2.34. The molecule has 0 bridgehead atoms. The lowest BCUT2D eigenvalue weighted by Crippen LogP contribution is -2.45. The zero-order valence-corrected chi connectivity index (χ0v) is 19.2. The van der Waals surface area contributed by atoms with Gasteiger partial charge < -0.3 is 9.47 Å². The summed E-state index contributed by atoms with van der Waals surface area (Å²) in [5, 5.41) is 0. The van der Waals surface area contributed by atoms with Gasteiger partial charge in [-0.3, -0.25) is 9.80 Å². The third-order valence-electron chi connectivity index (χ3n) is 5.76. The van der Waals surface area contributed by atoms with Gasteiger partial charge in [-0.05, 0) is 24.0 Å². The Morgan fingerprint density at radius 3 is 1.70 bits per heavy atom. The van der Waals surface area contributed by atoms with E-state index in [9.17, 15) is 8.42 Å². The quantitative estimate of drug-likeness (QED) is 0.552. The van der Waals surface area contributed by atoms with Crippen molar-refractivity contribution in [2.24, 2.45) is 11.8 Å². The third-order valence-corrected chi connectivity index (χ3v) is 7.60. The maximum absolute atomic E-state index is 13.4. The van der Waals surface area contributed by atoms with E-state index >= 15 is 0 Å². The highest BCUT2D eigenvalue weighted by molar-refractivity contribution is 7.89. The zero-order valence-electron chi connectivity index (χ0n) is 18.4. The van der Waals surface area contributed by atoms with Crippen LogP contribution in [0.25, 0.3) is 0 Å². The minimum Gasteiger partial charge on any atom is -0.379 e. The van der Waals surface area contributed by atoms with Crippen LogP contribution in [0.15, 0.2) is 35.2 Å². The molecule has 0 aromatic heterocycles. The number of nitrogens with zero attached hydrogens (tertiary/aromatic N) is 3. The predicted octanol–water partition coefficient (Wildman–Crippen LogP) is 1.61. The van der Waals surface area contributed by atoms with Crippen molar-refractivity contribution in [2.45, 2.75) is 18.7 Å². The Bertz CT molecular complexity index is 691. The van der Waals surface area contributed by atoms with Crippen molar-refractivity contribution < 1.29 is 17.9 Å². The summed E-state index contributed by atoms with van der Waals surface area (Å²) in [6.07, 6.45) is 0. The van der Waals surface area contributed by atoms with Crippen molar-refractivity contribution in [1.29, 1.82) is 0 Å². The monoisotopic (exact) mass is 439 g/mol. The highest BCUT2D eigenvalue weighted by Crippen LogP contribution is 2.20. The van der Waals surface area contributed by atoms with Gasteiger partial charge in [0.1, 0.15) is 0 Å². The first-order chi connectivity index (χ1) is 14.4. The molecule has 0 spiro atoms. The van der Waals surface area contributed by atoms with Crippen molar-refractivity contribution in [3.8, 4) is 0 Å². The Kier molecular flexibility index (Phi) is 9.10. The van der Waals surface area contributed by atoms with E-state index in [2.05, 4.69) is 23.6 Å². The first kappa shape index (κ1) is 23.6. The summed E-state index contributed by atoms with van der Waals surface area (Å²) < 4.78 is 39.5. The average Bonchev–Trinajstić information content (AvgIpc) is 2.75. The molecule has 0 aliphatic carbocycles. The van der Waals surface area contributed by atoms with Crippen molar-refractivity contribution in [3.63, 3.8) is 0 Å². The van der Waals surface area contributed by atoms with E-state index < -0.39 is 10.0 Å². The SMILES string of the molecule is CC(CN1CCOCC1)CN(CC(C)CN1CCOCC1)S(=O)(=O)c1ccccc1. The number of hydrogen-bond acceptors (Lipinski definition) is 6. The van der Waals surface area contributed by atoms with Crippen LogP contribution in [0.3, 0.4) is 0 Å². The van der Waals surface area contributed by atoms with Gasteiger partial charge >= 0.3 is 0 Å². The van der Waals surface area contributed by atoms with Crippen molar-refractivity contribution in [3.05, 3.63) is 30.3 Å². The molecule has 2 aliphatic heterocycles. The molecule has 3 rings (SSSR count). The van der Waals surface area contributed by atoms with Crippen LogP contribution in [0.1, 0.15) is 13.8 Å². The highest BCUT2D eigenvalue weighted by Gasteiger charge is 2.29. The van der Waals surface area contributed by atoms with Gasteiger partial charge in [-0.15, -0.1) is 0 Å². The van der Waals surface area contributed by atoms with E-state index in [4.69, 9.17) is 9.47 Å². The molecule has 0 N–H and O–H groups in total. The van der Waals surface area contributed by atoms with Crippen LogP contribution in [0, 0.1) is 11.8 Å². The lowest BCUT2D eigenvalue weighted by atomic mass is 10.1. The molecule has 8 heteroatoms. The Hall–Kier alpha value is -1.03. The summed E-state index contributed by atoms with van der Waals surface area (Å²) in [6, 6.07) is 8.83. The fourth-order valence-corrected chi connectivity index (χ4v) is 5.97. The largest absolute Gasteiger partial charge is 0.379 e. The van der Waals surface area contributed by atoms with Crippen LogP contribution in [-0.4, -0.2) is 101 Å². The van der Waals surface area contributed by atoms with E-state index in [1.165, 1.54) is 0 Å². The molecule has 2 saturated heterocycles. The first-order valence-corrected chi connectivity index (χ1v) is 12.5. The molecule has 0 amide bonds. The highest BCUT2D eigenvalue weighted by atomic mass is 32.2. The second kappa shape index (κ2) is 11.5. The van der Waals surface area contributed by atoms with Crippen molar-refractivity contribution in [2.75, 3.05) is 78.8 Å². The van der Waals surface area contributed by atoms with E-state index in [-0.39, 0.29) is 11.8 Å². The van der Waals surface area contributed by atoms with Crippen LogP contribution in [-0.2, 0) is 19.5 Å². The number of benzene rings is 1. The first-order valence-electron chi connectivity index (χ1n) is 11.1. The van der Waals surface area contributed by atoms with Gasteiger partial charge in [0.2, 0.25) is 10.0 Å². The third kappa shape index (κ3) is 7.00. The summed E-state index contributed by atoms with van der Waals surface area (Å²) in [6.45, 7) is 13.9. The molecule has 2 heterocycles. The summed E-state index contributed by atoms with van der Waals surface area (Å²) in [7, 11) is -3.53. The fourth-order valence-electron chi connectivity index (χ4n) is 4.27. The molecule has 2 atom stereocenters. The summed E-state index contributed by atoms with van der Waals surface area (Å²) in [5.41, 5.74) is 0.